The summed E-state index contributed by atoms with van der Waals surface area (Å²) in [5, 5.41) is 0. The molecule has 0 fully saturated rings. The summed E-state index contributed by atoms with van der Waals surface area (Å²) in [5.74, 6) is -0.626. The van der Waals surface area contributed by atoms with E-state index in [1.165, 1.54) is 36.4 Å². The van der Waals surface area contributed by atoms with Crippen LogP contribution in [0.15, 0.2) is 41.2 Å². The number of hydrogen-bond donors (Lipinski definition) is 1. The van der Waals surface area contributed by atoms with E-state index in [4.69, 9.17) is 0 Å². The summed E-state index contributed by atoms with van der Waals surface area (Å²) in [5.41, 5.74) is 1.06. The molecule has 2 aromatic rings. The lowest BCUT2D eigenvalue weighted by Gasteiger charge is -2.04. The van der Waals surface area contributed by atoms with Crippen LogP contribution in [0.5, 0.6) is 0 Å². The number of ketones is 1. The first-order valence-corrected chi connectivity index (χ1v) is 5.08. The van der Waals surface area contributed by atoms with Crippen molar-refractivity contribution in [2.75, 3.05) is 0 Å². The molecule has 1 N–H and O–H groups in total. The maximum Gasteiger partial charge on any atom is 0.248 e. The molecule has 0 aliphatic rings. The Morgan fingerprint density at radius 2 is 1.76 bits per heavy atom. The minimum Gasteiger partial charge on any atom is -0.326 e. The highest BCUT2D eigenvalue weighted by Crippen LogP contribution is 2.11. The second-order valence-corrected chi connectivity index (χ2v) is 3.70. The Morgan fingerprint density at radius 3 is 2.35 bits per heavy atom. The Kier molecular flexibility index (Phi) is 2.87. The highest BCUT2D eigenvalue weighted by Gasteiger charge is 2.11. The zero-order valence-corrected chi connectivity index (χ0v) is 9.16. The Labute approximate surface area is 96.9 Å². The normalized spacial score (nSPS) is 10.2. The van der Waals surface area contributed by atoms with Gasteiger partial charge in [0.1, 0.15) is 5.82 Å². The van der Waals surface area contributed by atoms with Crippen molar-refractivity contribution in [3.8, 4) is 0 Å². The fraction of sp³-hybridized carbons (Fsp3) is 0.0769. The van der Waals surface area contributed by atoms with E-state index in [9.17, 15) is 14.0 Å². The zero-order chi connectivity index (χ0) is 12.4. The molecule has 4 heteroatoms. The lowest BCUT2D eigenvalue weighted by Crippen LogP contribution is -2.12. The molecule has 0 aliphatic heterocycles. The fourth-order valence-electron chi connectivity index (χ4n) is 1.58. The van der Waals surface area contributed by atoms with E-state index in [1.54, 1.807) is 6.92 Å². The predicted molar refractivity (Wildman–Crippen MR) is 61.6 cm³/mol. The summed E-state index contributed by atoms with van der Waals surface area (Å²) in [6.45, 7) is 1.65. The molecule has 0 aliphatic carbocycles. The van der Waals surface area contributed by atoms with Crippen LogP contribution in [0.2, 0.25) is 0 Å². The molecule has 0 unspecified atom stereocenters. The quantitative estimate of drug-likeness (QED) is 0.804. The first kappa shape index (κ1) is 11.3. The molecule has 0 atom stereocenters. The fourth-order valence-corrected chi connectivity index (χ4v) is 1.58. The van der Waals surface area contributed by atoms with Crippen molar-refractivity contribution >= 4 is 5.78 Å². The first-order valence-electron chi connectivity index (χ1n) is 5.08. The maximum absolute atomic E-state index is 12.7. The highest BCUT2D eigenvalue weighted by atomic mass is 19.1. The van der Waals surface area contributed by atoms with Gasteiger partial charge in [-0.25, -0.2) is 4.39 Å². The average Bonchev–Trinajstić information content (AvgIpc) is 2.29. The molecule has 0 saturated heterocycles. The molecule has 0 bridgehead atoms. The van der Waals surface area contributed by atoms with Gasteiger partial charge in [0.15, 0.2) is 5.78 Å². The van der Waals surface area contributed by atoms with Crippen molar-refractivity contribution in [1.29, 1.82) is 0 Å². The molecular formula is C13H10FNO2. The number of carbonyl (C=O) groups is 1. The van der Waals surface area contributed by atoms with Gasteiger partial charge in [0.25, 0.3) is 0 Å². The van der Waals surface area contributed by atoms with E-state index in [-0.39, 0.29) is 17.2 Å². The highest BCUT2D eigenvalue weighted by molar-refractivity contribution is 6.09. The number of H-pyrrole nitrogens is 1. The SMILES string of the molecule is Cc1[nH]c(=O)ccc1C(=O)c1ccc(F)cc1. The second-order valence-electron chi connectivity index (χ2n) is 3.70. The van der Waals surface area contributed by atoms with Crippen molar-refractivity contribution in [2.24, 2.45) is 0 Å². The molecule has 1 aromatic carbocycles. The van der Waals surface area contributed by atoms with Gasteiger partial charge in [0.05, 0.1) is 0 Å². The molecule has 0 amide bonds. The number of carbonyl (C=O) groups excluding carboxylic acids is 1. The third-order valence-corrected chi connectivity index (χ3v) is 2.47. The second kappa shape index (κ2) is 4.33. The van der Waals surface area contributed by atoms with Crippen LogP contribution in [0.4, 0.5) is 4.39 Å². The standard InChI is InChI=1S/C13H10FNO2/c1-8-11(6-7-12(16)15-8)13(17)9-2-4-10(14)5-3-9/h2-7H,1H3,(H,15,16). The predicted octanol–water partition coefficient (Wildman–Crippen LogP) is 2.05. The minimum absolute atomic E-state index is 0.237. The van der Waals surface area contributed by atoms with Crippen LogP contribution in [0.25, 0.3) is 0 Å². The average molecular weight is 231 g/mol. The Balaban J connectivity index is 2.43. The summed E-state index contributed by atoms with van der Waals surface area (Å²) in [4.78, 5) is 25.6. The van der Waals surface area contributed by atoms with E-state index in [2.05, 4.69) is 4.98 Å². The molecular weight excluding hydrogens is 221 g/mol. The molecule has 0 saturated carbocycles. The van der Waals surface area contributed by atoms with Gasteiger partial charge in [0.2, 0.25) is 5.56 Å². The Morgan fingerprint density at radius 1 is 1.12 bits per heavy atom. The molecule has 2 rings (SSSR count). The summed E-state index contributed by atoms with van der Waals surface area (Å²) in [6, 6.07) is 8.07. The molecule has 0 spiro atoms. The number of hydrogen-bond acceptors (Lipinski definition) is 2. The minimum atomic E-state index is -0.389. The monoisotopic (exact) mass is 231 g/mol. The van der Waals surface area contributed by atoms with Gasteiger partial charge >= 0.3 is 0 Å². The number of aryl methyl sites for hydroxylation is 1. The Bertz CT molecular complexity index is 614. The van der Waals surface area contributed by atoms with E-state index in [1.807, 2.05) is 0 Å². The summed E-state index contributed by atoms with van der Waals surface area (Å²) in [6.07, 6.45) is 0. The van der Waals surface area contributed by atoms with Gasteiger partial charge in [-0.05, 0) is 37.3 Å². The molecule has 3 nitrogen and oxygen atoms in total. The largest absolute Gasteiger partial charge is 0.326 e. The third-order valence-electron chi connectivity index (χ3n) is 2.47. The number of rotatable bonds is 2. The maximum atomic E-state index is 12.7. The van der Waals surface area contributed by atoms with E-state index in [0.29, 0.717) is 16.8 Å². The van der Waals surface area contributed by atoms with Crippen LogP contribution < -0.4 is 5.56 Å². The topological polar surface area (TPSA) is 49.9 Å². The van der Waals surface area contributed by atoms with E-state index >= 15 is 0 Å². The third kappa shape index (κ3) is 2.30. The summed E-state index contributed by atoms with van der Waals surface area (Å²) >= 11 is 0. The summed E-state index contributed by atoms with van der Waals surface area (Å²) in [7, 11) is 0. The lowest BCUT2D eigenvalue weighted by atomic mass is 10.0. The molecule has 17 heavy (non-hydrogen) atoms. The number of nitrogens with one attached hydrogen (secondary N) is 1. The van der Waals surface area contributed by atoms with Gasteiger partial charge in [0, 0.05) is 22.9 Å². The van der Waals surface area contributed by atoms with Crippen LogP contribution in [-0.2, 0) is 0 Å². The molecule has 1 heterocycles. The van der Waals surface area contributed by atoms with Gasteiger partial charge in [-0.15, -0.1) is 0 Å². The number of aromatic amines is 1. The van der Waals surface area contributed by atoms with Crippen LogP contribution in [-0.4, -0.2) is 10.8 Å². The van der Waals surface area contributed by atoms with Crippen LogP contribution in [0, 0.1) is 12.7 Å². The van der Waals surface area contributed by atoms with Gasteiger partial charge in [-0.2, -0.15) is 0 Å². The van der Waals surface area contributed by atoms with Crippen LogP contribution in [0.1, 0.15) is 21.6 Å². The molecule has 0 radical (unpaired) electrons. The van der Waals surface area contributed by atoms with Gasteiger partial charge in [-0.3, -0.25) is 9.59 Å². The lowest BCUT2D eigenvalue weighted by molar-refractivity contribution is 0.103. The van der Waals surface area contributed by atoms with E-state index in [0.717, 1.165) is 0 Å². The van der Waals surface area contributed by atoms with E-state index < -0.39 is 0 Å². The van der Waals surface area contributed by atoms with Crippen molar-refractivity contribution < 1.29 is 9.18 Å². The zero-order valence-electron chi connectivity index (χ0n) is 9.16. The van der Waals surface area contributed by atoms with Crippen LogP contribution >= 0.6 is 0 Å². The first-order chi connectivity index (χ1) is 8.08. The van der Waals surface area contributed by atoms with Gasteiger partial charge < -0.3 is 4.98 Å². The number of halogens is 1. The number of aromatic nitrogens is 1. The number of pyridine rings is 1. The summed E-state index contributed by atoms with van der Waals surface area (Å²) < 4.78 is 12.7. The van der Waals surface area contributed by atoms with Crippen molar-refractivity contribution in [3.05, 3.63) is 69.4 Å². The molecule has 1 aromatic heterocycles. The van der Waals surface area contributed by atoms with Gasteiger partial charge in [-0.1, -0.05) is 0 Å². The van der Waals surface area contributed by atoms with Crippen molar-refractivity contribution in [2.45, 2.75) is 6.92 Å². The Hall–Kier alpha value is -2.23. The smallest absolute Gasteiger partial charge is 0.248 e. The van der Waals surface area contributed by atoms with Crippen molar-refractivity contribution in [1.82, 2.24) is 4.98 Å². The van der Waals surface area contributed by atoms with Crippen LogP contribution in [0.3, 0.4) is 0 Å². The number of benzene rings is 1. The molecule has 86 valence electrons. The van der Waals surface area contributed by atoms with Crippen molar-refractivity contribution in [3.63, 3.8) is 0 Å².